The van der Waals surface area contributed by atoms with Crippen LogP contribution in [-0.2, 0) is 14.4 Å². The first kappa shape index (κ1) is 21.9. The molecular weight excluding hydrogens is 400 g/mol. The quantitative estimate of drug-likeness (QED) is 0.616. The summed E-state index contributed by atoms with van der Waals surface area (Å²) in [6.45, 7) is 0.988. The molecule has 1 fully saturated rings. The lowest BCUT2D eigenvalue weighted by molar-refractivity contribution is -0.136. The van der Waals surface area contributed by atoms with Gasteiger partial charge < -0.3 is 10.2 Å². The van der Waals surface area contributed by atoms with E-state index in [9.17, 15) is 19.2 Å². The number of benzene rings is 1. The van der Waals surface area contributed by atoms with Crippen molar-refractivity contribution < 1.29 is 19.2 Å². The SMILES string of the molecule is O=C(CCC(=O)c1cccs1)CCC(=O)N1CCC[C@H](C(=O)Nc2ccccc2)C1. The summed E-state index contributed by atoms with van der Waals surface area (Å²) in [4.78, 5) is 51.5. The predicted molar refractivity (Wildman–Crippen MR) is 117 cm³/mol. The number of Topliss-reactive ketones (excluding diaryl/α,β-unsaturated/α-hetero) is 2. The third-order valence-electron chi connectivity index (χ3n) is 5.23. The Morgan fingerprint density at radius 2 is 1.73 bits per heavy atom. The molecule has 0 radical (unpaired) electrons. The highest BCUT2D eigenvalue weighted by Gasteiger charge is 2.28. The number of nitrogens with zero attached hydrogens (tertiary/aromatic N) is 1. The molecule has 1 aromatic heterocycles. The molecule has 1 N–H and O–H groups in total. The van der Waals surface area contributed by atoms with Gasteiger partial charge in [-0.3, -0.25) is 19.2 Å². The summed E-state index contributed by atoms with van der Waals surface area (Å²) < 4.78 is 0. The summed E-state index contributed by atoms with van der Waals surface area (Å²) in [6.07, 6.45) is 2.10. The van der Waals surface area contributed by atoms with E-state index in [0.29, 0.717) is 18.0 Å². The van der Waals surface area contributed by atoms with Crippen molar-refractivity contribution in [3.8, 4) is 0 Å². The lowest BCUT2D eigenvalue weighted by Crippen LogP contribution is -2.43. The topological polar surface area (TPSA) is 83.6 Å². The highest BCUT2D eigenvalue weighted by molar-refractivity contribution is 7.12. The Kier molecular flexibility index (Phi) is 7.90. The molecule has 1 aliphatic heterocycles. The van der Waals surface area contributed by atoms with Crippen LogP contribution in [0.25, 0.3) is 0 Å². The molecule has 1 aromatic carbocycles. The third kappa shape index (κ3) is 6.35. The van der Waals surface area contributed by atoms with Crippen molar-refractivity contribution in [3.63, 3.8) is 0 Å². The van der Waals surface area contributed by atoms with Crippen LogP contribution in [0, 0.1) is 5.92 Å². The van der Waals surface area contributed by atoms with E-state index < -0.39 is 0 Å². The fourth-order valence-electron chi connectivity index (χ4n) is 3.53. The maximum atomic E-state index is 12.5. The maximum absolute atomic E-state index is 12.5. The van der Waals surface area contributed by atoms with Gasteiger partial charge in [0.25, 0.3) is 0 Å². The van der Waals surface area contributed by atoms with E-state index >= 15 is 0 Å². The summed E-state index contributed by atoms with van der Waals surface area (Å²) in [7, 11) is 0. The number of anilines is 1. The van der Waals surface area contributed by atoms with Crippen molar-refractivity contribution >= 4 is 40.4 Å². The van der Waals surface area contributed by atoms with E-state index in [1.54, 1.807) is 11.0 Å². The number of nitrogens with one attached hydrogen (secondary N) is 1. The Morgan fingerprint density at radius 1 is 0.967 bits per heavy atom. The molecule has 158 valence electrons. The molecule has 2 aromatic rings. The van der Waals surface area contributed by atoms with Crippen LogP contribution < -0.4 is 5.32 Å². The molecule has 0 spiro atoms. The third-order valence-corrected chi connectivity index (χ3v) is 6.14. The van der Waals surface area contributed by atoms with Crippen LogP contribution in [0.15, 0.2) is 47.8 Å². The van der Waals surface area contributed by atoms with Crippen LogP contribution in [0.3, 0.4) is 0 Å². The van der Waals surface area contributed by atoms with Crippen LogP contribution in [0.1, 0.15) is 48.2 Å². The van der Waals surface area contributed by atoms with Crippen molar-refractivity contribution in [2.75, 3.05) is 18.4 Å². The maximum Gasteiger partial charge on any atom is 0.229 e. The van der Waals surface area contributed by atoms with Crippen LogP contribution >= 0.6 is 11.3 Å². The molecule has 1 aliphatic rings. The number of hydrogen-bond acceptors (Lipinski definition) is 5. The minimum absolute atomic E-state index is 0.0343. The number of ketones is 2. The van der Waals surface area contributed by atoms with Crippen molar-refractivity contribution in [2.45, 2.75) is 38.5 Å². The Bertz CT molecular complexity index is 880. The van der Waals surface area contributed by atoms with Gasteiger partial charge in [-0.2, -0.15) is 0 Å². The van der Waals surface area contributed by atoms with Crippen LogP contribution in [0.5, 0.6) is 0 Å². The van der Waals surface area contributed by atoms with Gasteiger partial charge in [0.05, 0.1) is 10.8 Å². The molecule has 30 heavy (non-hydrogen) atoms. The molecule has 2 heterocycles. The molecule has 1 saturated heterocycles. The predicted octanol–water partition coefficient (Wildman–Crippen LogP) is 3.94. The summed E-state index contributed by atoms with van der Waals surface area (Å²) >= 11 is 1.37. The summed E-state index contributed by atoms with van der Waals surface area (Å²) in [5.74, 6) is -0.550. The minimum atomic E-state index is -0.248. The standard InChI is InChI=1S/C23H26N2O4S/c26-19(10-12-20(27)21-9-5-15-30-21)11-13-22(28)25-14-4-6-17(16-25)23(29)24-18-7-2-1-3-8-18/h1-3,5,7-9,15,17H,4,6,10-14,16H2,(H,24,29)/t17-/m0/s1. The van der Waals surface area contributed by atoms with Crippen molar-refractivity contribution in [3.05, 3.63) is 52.7 Å². The van der Waals surface area contributed by atoms with Gasteiger partial charge in [0, 0.05) is 44.5 Å². The highest BCUT2D eigenvalue weighted by atomic mass is 32.1. The second kappa shape index (κ2) is 10.8. The van der Waals surface area contributed by atoms with Gasteiger partial charge in [0.2, 0.25) is 11.8 Å². The molecule has 2 amide bonds. The highest BCUT2D eigenvalue weighted by Crippen LogP contribution is 2.20. The van der Waals surface area contributed by atoms with E-state index in [0.717, 1.165) is 18.5 Å². The Labute approximate surface area is 180 Å². The van der Waals surface area contributed by atoms with Crippen LogP contribution in [-0.4, -0.2) is 41.4 Å². The molecule has 0 unspecified atom stereocenters. The van der Waals surface area contributed by atoms with E-state index in [2.05, 4.69) is 5.32 Å². The number of para-hydroxylation sites is 1. The minimum Gasteiger partial charge on any atom is -0.342 e. The number of thiophene rings is 1. The smallest absolute Gasteiger partial charge is 0.229 e. The van der Waals surface area contributed by atoms with Crippen molar-refractivity contribution in [1.29, 1.82) is 0 Å². The van der Waals surface area contributed by atoms with Crippen molar-refractivity contribution in [2.24, 2.45) is 5.92 Å². The molecule has 0 aliphatic carbocycles. The normalized spacial score (nSPS) is 16.1. The summed E-state index contributed by atoms with van der Waals surface area (Å²) in [6, 6.07) is 12.8. The zero-order valence-corrected chi connectivity index (χ0v) is 17.7. The summed E-state index contributed by atoms with van der Waals surface area (Å²) in [5, 5.41) is 4.73. The van der Waals surface area contributed by atoms with Gasteiger partial charge >= 0.3 is 0 Å². The molecule has 0 saturated carbocycles. The lowest BCUT2D eigenvalue weighted by Gasteiger charge is -2.32. The Hall–Kier alpha value is -2.80. The van der Waals surface area contributed by atoms with E-state index in [4.69, 9.17) is 0 Å². The molecule has 1 atom stereocenters. The van der Waals surface area contributed by atoms with Crippen molar-refractivity contribution in [1.82, 2.24) is 4.90 Å². The number of likely N-dealkylation sites (tertiary alicyclic amines) is 1. The number of piperidine rings is 1. The van der Waals surface area contributed by atoms with E-state index in [1.807, 2.05) is 41.8 Å². The molecule has 7 heteroatoms. The van der Waals surface area contributed by atoms with Gasteiger partial charge in [-0.1, -0.05) is 24.3 Å². The Morgan fingerprint density at radius 3 is 2.47 bits per heavy atom. The van der Waals surface area contributed by atoms with Gasteiger partial charge in [-0.25, -0.2) is 0 Å². The monoisotopic (exact) mass is 426 g/mol. The number of hydrogen-bond donors (Lipinski definition) is 1. The van der Waals surface area contributed by atoms with Gasteiger partial charge in [-0.05, 0) is 36.4 Å². The zero-order chi connectivity index (χ0) is 21.3. The molecule has 0 bridgehead atoms. The average molecular weight is 427 g/mol. The largest absolute Gasteiger partial charge is 0.342 e. The van der Waals surface area contributed by atoms with Gasteiger partial charge in [0.15, 0.2) is 5.78 Å². The first-order chi connectivity index (χ1) is 14.5. The molecular formula is C23H26N2O4S. The van der Waals surface area contributed by atoms with Gasteiger partial charge in [0.1, 0.15) is 5.78 Å². The number of carbonyl (C=O) groups is 4. The molecule has 6 nitrogen and oxygen atoms in total. The summed E-state index contributed by atoms with van der Waals surface area (Å²) in [5.41, 5.74) is 0.744. The van der Waals surface area contributed by atoms with E-state index in [1.165, 1.54) is 11.3 Å². The average Bonchev–Trinajstić information content (AvgIpc) is 3.31. The fourth-order valence-corrected chi connectivity index (χ4v) is 4.22. The molecule has 3 rings (SSSR count). The van der Waals surface area contributed by atoms with E-state index in [-0.39, 0.29) is 55.0 Å². The second-order valence-electron chi connectivity index (χ2n) is 7.47. The van der Waals surface area contributed by atoms with Gasteiger partial charge in [-0.15, -0.1) is 11.3 Å². The lowest BCUT2D eigenvalue weighted by atomic mass is 9.96. The van der Waals surface area contributed by atoms with Crippen LogP contribution in [0.2, 0.25) is 0 Å². The second-order valence-corrected chi connectivity index (χ2v) is 8.42. The van der Waals surface area contributed by atoms with Crippen LogP contribution in [0.4, 0.5) is 5.69 Å². The number of amides is 2. The fraction of sp³-hybridized carbons (Fsp3) is 0.391. The first-order valence-corrected chi connectivity index (χ1v) is 11.1. The Balaban J connectivity index is 1.40. The first-order valence-electron chi connectivity index (χ1n) is 10.2. The number of carbonyl (C=O) groups excluding carboxylic acids is 4. The zero-order valence-electron chi connectivity index (χ0n) is 16.8. The number of rotatable bonds is 9.